The summed E-state index contributed by atoms with van der Waals surface area (Å²) in [4.78, 5) is 0. The number of rotatable bonds is 3. The highest BCUT2D eigenvalue weighted by atomic mass is 14.9. The quantitative estimate of drug-likeness (QED) is 0.849. The third-order valence-corrected chi connectivity index (χ3v) is 5.04. The second-order valence-corrected chi connectivity index (χ2v) is 7.03. The molecule has 3 rings (SSSR count). The second kappa shape index (κ2) is 10.0. The van der Waals surface area contributed by atoms with Crippen LogP contribution in [0.3, 0.4) is 0 Å². The largest absolute Gasteiger partial charge is 0.326 e. The maximum absolute atomic E-state index is 5.40. The van der Waals surface area contributed by atoms with E-state index in [1.54, 1.807) is 0 Å². The van der Waals surface area contributed by atoms with Gasteiger partial charge in [-0.15, -0.1) is 0 Å². The molecule has 0 atom stereocenters. The molecular formula is C20H34N2. The number of nitrogens with one attached hydrogen (secondary N) is 1. The number of aryl methyl sites for hydroxylation is 1. The maximum atomic E-state index is 5.40. The van der Waals surface area contributed by atoms with E-state index in [9.17, 15) is 0 Å². The van der Waals surface area contributed by atoms with Crippen molar-refractivity contribution in [3.8, 4) is 0 Å². The zero-order chi connectivity index (χ0) is 15.6. The Bertz CT molecular complexity index is 371. The van der Waals surface area contributed by atoms with Gasteiger partial charge in [0, 0.05) is 18.6 Å². The van der Waals surface area contributed by atoms with Crippen molar-refractivity contribution in [3.05, 3.63) is 35.4 Å². The molecule has 124 valence electrons. The van der Waals surface area contributed by atoms with Gasteiger partial charge in [0.2, 0.25) is 0 Å². The van der Waals surface area contributed by atoms with Crippen molar-refractivity contribution in [3.63, 3.8) is 0 Å². The molecule has 0 saturated heterocycles. The minimum absolute atomic E-state index is 0.639. The monoisotopic (exact) mass is 302 g/mol. The summed E-state index contributed by atoms with van der Waals surface area (Å²) in [6.07, 6.45) is 14.6. The van der Waals surface area contributed by atoms with Gasteiger partial charge in [0.1, 0.15) is 0 Å². The van der Waals surface area contributed by atoms with Crippen molar-refractivity contribution in [1.29, 1.82) is 0 Å². The lowest BCUT2D eigenvalue weighted by Gasteiger charge is -2.30. The van der Waals surface area contributed by atoms with E-state index in [0.717, 1.165) is 12.1 Å². The summed E-state index contributed by atoms with van der Waals surface area (Å²) in [5, 5.41) is 3.86. The Labute approximate surface area is 136 Å². The lowest BCUT2D eigenvalue weighted by Crippen LogP contribution is -2.40. The molecule has 22 heavy (non-hydrogen) atoms. The van der Waals surface area contributed by atoms with Crippen molar-refractivity contribution in [1.82, 2.24) is 5.32 Å². The van der Waals surface area contributed by atoms with Crippen LogP contribution in [0.25, 0.3) is 0 Å². The Balaban J connectivity index is 0.000000172. The van der Waals surface area contributed by atoms with Gasteiger partial charge in [0.25, 0.3) is 0 Å². The summed E-state index contributed by atoms with van der Waals surface area (Å²) in [6, 6.07) is 9.99. The topological polar surface area (TPSA) is 38.0 Å². The molecule has 0 amide bonds. The molecule has 2 aliphatic rings. The molecule has 2 heteroatoms. The Morgan fingerprint density at radius 1 is 0.818 bits per heavy atom. The minimum Gasteiger partial charge on any atom is -0.326 e. The summed E-state index contributed by atoms with van der Waals surface area (Å²) in [6.45, 7) is 2.71. The van der Waals surface area contributed by atoms with Gasteiger partial charge in [-0.3, -0.25) is 0 Å². The summed E-state index contributed by atoms with van der Waals surface area (Å²) in [5.74, 6) is 0. The first-order valence-electron chi connectivity index (χ1n) is 9.29. The van der Waals surface area contributed by atoms with Crippen LogP contribution in [0.5, 0.6) is 0 Å². The Morgan fingerprint density at radius 2 is 1.27 bits per heavy atom. The third-order valence-electron chi connectivity index (χ3n) is 5.04. The summed E-state index contributed by atoms with van der Waals surface area (Å²) in [5.41, 5.74) is 7.88. The summed E-state index contributed by atoms with van der Waals surface area (Å²) in [7, 11) is 0. The fraction of sp³-hybridized carbons (Fsp3) is 0.700. The first kappa shape index (κ1) is 17.5. The molecule has 0 aliphatic heterocycles. The highest BCUT2D eigenvalue weighted by Gasteiger charge is 2.19. The molecule has 0 aromatic heterocycles. The van der Waals surface area contributed by atoms with Gasteiger partial charge < -0.3 is 11.1 Å². The maximum Gasteiger partial charge on any atom is 0.0178 e. The van der Waals surface area contributed by atoms with Crippen LogP contribution in [-0.2, 0) is 6.54 Å². The van der Waals surface area contributed by atoms with E-state index in [4.69, 9.17) is 5.73 Å². The fourth-order valence-corrected chi connectivity index (χ4v) is 3.60. The second-order valence-electron chi connectivity index (χ2n) is 7.03. The molecule has 2 saturated carbocycles. The zero-order valence-corrected chi connectivity index (χ0v) is 14.3. The molecule has 1 aromatic rings. The molecule has 0 heterocycles. The highest BCUT2D eigenvalue weighted by Crippen LogP contribution is 2.22. The Hall–Kier alpha value is -0.860. The molecule has 0 unspecified atom stereocenters. The van der Waals surface area contributed by atoms with E-state index < -0.39 is 0 Å². The third kappa shape index (κ3) is 6.50. The molecule has 0 bridgehead atoms. The fourth-order valence-electron chi connectivity index (χ4n) is 3.60. The smallest absolute Gasteiger partial charge is 0.0178 e. The molecule has 2 fully saturated rings. The molecule has 0 spiro atoms. The minimum atomic E-state index is 0.639. The van der Waals surface area contributed by atoms with E-state index in [0.29, 0.717) is 6.54 Å². The standard InChI is InChI=1S/C12H23N.C8H11N/c1-3-7-11(8-4-1)13-12-9-5-2-6-10-12;1-7-2-4-8(6-9)5-3-7/h11-13H,1-10H2;2-5H,6,9H2,1H3. The Morgan fingerprint density at radius 3 is 1.68 bits per heavy atom. The molecule has 1 aromatic carbocycles. The number of hydrogen-bond acceptors (Lipinski definition) is 2. The van der Waals surface area contributed by atoms with Crippen LogP contribution in [-0.4, -0.2) is 12.1 Å². The lowest BCUT2D eigenvalue weighted by molar-refractivity contribution is 0.291. The van der Waals surface area contributed by atoms with Crippen LogP contribution in [0.1, 0.15) is 75.3 Å². The molecule has 0 radical (unpaired) electrons. The van der Waals surface area contributed by atoms with Crippen LogP contribution in [0, 0.1) is 6.92 Å². The van der Waals surface area contributed by atoms with Crippen LogP contribution in [0.4, 0.5) is 0 Å². The van der Waals surface area contributed by atoms with Gasteiger partial charge in [-0.05, 0) is 38.2 Å². The van der Waals surface area contributed by atoms with Crippen molar-refractivity contribution in [2.45, 2.75) is 89.8 Å². The van der Waals surface area contributed by atoms with E-state index in [1.165, 1.54) is 75.3 Å². The van der Waals surface area contributed by atoms with Gasteiger partial charge in [-0.25, -0.2) is 0 Å². The van der Waals surface area contributed by atoms with Gasteiger partial charge >= 0.3 is 0 Å². The number of hydrogen-bond donors (Lipinski definition) is 2. The zero-order valence-electron chi connectivity index (χ0n) is 14.3. The summed E-state index contributed by atoms with van der Waals surface area (Å²) < 4.78 is 0. The van der Waals surface area contributed by atoms with Crippen molar-refractivity contribution in [2.75, 3.05) is 0 Å². The predicted octanol–water partition coefficient (Wildman–Crippen LogP) is 4.70. The SMILES string of the molecule is C1CCC(NC2CCCCC2)CC1.Cc1ccc(CN)cc1. The molecule has 3 N–H and O–H groups in total. The molecule has 2 aliphatic carbocycles. The highest BCUT2D eigenvalue weighted by molar-refractivity contribution is 5.20. The van der Waals surface area contributed by atoms with E-state index >= 15 is 0 Å². The van der Waals surface area contributed by atoms with Gasteiger partial charge in [0.15, 0.2) is 0 Å². The van der Waals surface area contributed by atoms with E-state index in [1.807, 2.05) is 0 Å². The predicted molar refractivity (Wildman–Crippen MR) is 96.0 cm³/mol. The van der Waals surface area contributed by atoms with Gasteiger partial charge in [0.05, 0.1) is 0 Å². The normalized spacial score (nSPS) is 20.3. The van der Waals surface area contributed by atoms with Crippen LogP contribution in [0.15, 0.2) is 24.3 Å². The number of benzene rings is 1. The average molecular weight is 303 g/mol. The molecular weight excluding hydrogens is 268 g/mol. The van der Waals surface area contributed by atoms with Crippen molar-refractivity contribution < 1.29 is 0 Å². The summed E-state index contributed by atoms with van der Waals surface area (Å²) >= 11 is 0. The Kier molecular flexibility index (Phi) is 7.96. The van der Waals surface area contributed by atoms with Crippen LogP contribution < -0.4 is 11.1 Å². The average Bonchev–Trinajstić information content (AvgIpc) is 2.58. The molecule has 2 nitrogen and oxygen atoms in total. The van der Waals surface area contributed by atoms with Crippen LogP contribution in [0.2, 0.25) is 0 Å². The van der Waals surface area contributed by atoms with Crippen LogP contribution >= 0.6 is 0 Å². The van der Waals surface area contributed by atoms with Gasteiger partial charge in [-0.1, -0.05) is 68.4 Å². The lowest BCUT2D eigenvalue weighted by atomic mass is 9.91. The first-order chi connectivity index (χ1) is 10.8. The van der Waals surface area contributed by atoms with Crippen molar-refractivity contribution >= 4 is 0 Å². The van der Waals surface area contributed by atoms with E-state index in [-0.39, 0.29) is 0 Å². The van der Waals surface area contributed by atoms with Crippen molar-refractivity contribution in [2.24, 2.45) is 5.73 Å². The van der Waals surface area contributed by atoms with E-state index in [2.05, 4.69) is 36.5 Å². The first-order valence-corrected chi connectivity index (χ1v) is 9.29. The number of nitrogens with two attached hydrogens (primary N) is 1. The van der Waals surface area contributed by atoms with Gasteiger partial charge in [-0.2, -0.15) is 0 Å².